The molecule has 0 radical (unpaired) electrons. The molecule has 0 fully saturated rings. The smallest absolute Gasteiger partial charge is 0.142 e. The molecule has 1 heterocycles. The van der Waals surface area contributed by atoms with Gasteiger partial charge in [-0.2, -0.15) is 0 Å². The van der Waals surface area contributed by atoms with Gasteiger partial charge in [-0.25, -0.2) is 8.78 Å². The van der Waals surface area contributed by atoms with Crippen molar-refractivity contribution in [2.24, 2.45) is 0 Å². The van der Waals surface area contributed by atoms with Gasteiger partial charge in [0, 0.05) is 12.1 Å². The van der Waals surface area contributed by atoms with Gasteiger partial charge in [-0.1, -0.05) is 20.3 Å². The number of fused-ring (bicyclic) bond motifs is 1. The third-order valence-corrected chi connectivity index (χ3v) is 5.11. The lowest BCUT2D eigenvalue weighted by Gasteiger charge is -2.19. The SMILES string of the molecule is CCCC1C(NCC)c2cc(F)cc(F)c2S1=O. The van der Waals surface area contributed by atoms with Crippen molar-refractivity contribution in [2.75, 3.05) is 6.54 Å². The lowest BCUT2D eigenvalue weighted by molar-refractivity contribution is 0.497. The third-order valence-electron chi connectivity index (χ3n) is 3.22. The molecule has 1 aliphatic rings. The van der Waals surface area contributed by atoms with E-state index in [-0.39, 0.29) is 16.2 Å². The van der Waals surface area contributed by atoms with Crippen LogP contribution in [0.3, 0.4) is 0 Å². The molecule has 0 amide bonds. The van der Waals surface area contributed by atoms with Gasteiger partial charge < -0.3 is 5.32 Å². The van der Waals surface area contributed by atoms with Crippen LogP contribution in [-0.2, 0) is 10.8 Å². The summed E-state index contributed by atoms with van der Waals surface area (Å²) in [5, 5.41) is 3.03. The first-order valence-corrected chi connectivity index (χ1v) is 7.44. The van der Waals surface area contributed by atoms with Gasteiger partial charge in [-0.05, 0) is 24.6 Å². The molecule has 3 unspecified atom stereocenters. The highest BCUT2D eigenvalue weighted by Gasteiger charge is 2.40. The van der Waals surface area contributed by atoms with E-state index in [1.54, 1.807) is 0 Å². The highest BCUT2D eigenvalue weighted by atomic mass is 32.2. The lowest BCUT2D eigenvalue weighted by Crippen LogP contribution is -2.29. The van der Waals surface area contributed by atoms with Gasteiger partial charge >= 0.3 is 0 Å². The topological polar surface area (TPSA) is 29.1 Å². The molecule has 1 N–H and O–H groups in total. The molecule has 1 aliphatic heterocycles. The molecule has 0 aromatic heterocycles. The number of halogens is 2. The highest BCUT2D eigenvalue weighted by Crippen LogP contribution is 2.40. The van der Waals surface area contributed by atoms with Crippen LogP contribution in [0.5, 0.6) is 0 Å². The van der Waals surface area contributed by atoms with Gasteiger partial charge in [0.1, 0.15) is 11.6 Å². The van der Waals surface area contributed by atoms with Crippen molar-refractivity contribution in [3.63, 3.8) is 0 Å². The van der Waals surface area contributed by atoms with E-state index in [4.69, 9.17) is 0 Å². The van der Waals surface area contributed by atoms with Gasteiger partial charge in [0.25, 0.3) is 0 Å². The Hall–Kier alpha value is -0.810. The van der Waals surface area contributed by atoms with Crippen molar-refractivity contribution in [1.82, 2.24) is 5.32 Å². The van der Waals surface area contributed by atoms with E-state index in [0.29, 0.717) is 12.1 Å². The van der Waals surface area contributed by atoms with Crippen molar-refractivity contribution in [3.05, 3.63) is 29.3 Å². The maximum atomic E-state index is 13.8. The Labute approximate surface area is 108 Å². The minimum absolute atomic E-state index is 0.166. The van der Waals surface area contributed by atoms with Crippen LogP contribution in [-0.4, -0.2) is 16.0 Å². The van der Waals surface area contributed by atoms with Crippen LogP contribution >= 0.6 is 0 Å². The van der Waals surface area contributed by atoms with E-state index in [1.807, 2.05) is 13.8 Å². The second-order valence-corrected chi connectivity index (χ2v) is 6.07. The summed E-state index contributed by atoms with van der Waals surface area (Å²) in [5.41, 5.74) is 0.520. The van der Waals surface area contributed by atoms with E-state index in [9.17, 15) is 13.0 Å². The van der Waals surface area contributed by atoms with Crippen LogP contribution in [0, 0.1) is 11.6 Å². The summed E-state index contributed by atoms with van der Waals surface area (Å²) in [6, 6.07) is 1.91. The number of benzene rings is 1. The summed E-state index contributed by atoms with van der Waals surface area (Å²) in [7, 11) is -1.39. The van der Waals surface area contributed by atoms with Gasteiger partial charge in [-0.15, -0.1) is 0 Å². The molecular formula is C13H17F2NOS. The second-order valence-electron chi connectivity index (χ2n) is 4.47. The predicted octanol–water partition coefficient (Wildman–Crippen LogP) is 2.91. The standard InChI is InChI=1S/C13H17F2NOS/c1-3-5-11-12(16-4-2)9-6-8(14)7-10(15)13(9)18(11)17/h6-7,11-12,16H,3-5H2,1-2H3. The number of hydrogen-bond donors (Lipinski definition) is 1. The van der Waals surface area contributed by atoms with Crippen molar-refractivity contribution in [1.29, 1.82) is 0 Å². The normalized spacial score (nSPS) is 26.3. The largest absolute Gasteiger partial charge is 0.309 e. The van der Waals surface area contributed by atoms with Gasteiger partial charge in [0.15, 0.2) is 0 Å². The van der Waals surface area contributed by atoms with E-state index < -0.39 is 22.4 Å². The lowest BCUT2D eigenvalue weighted by atomic mass is 10.0. The van der Waals surface area contributed by atoms with Crippen LogP contribution < -0.4 is 5.32 Å². The summed E-state index contributed by atoms with van der Waals surface area (Å²) in [5.74, 6) is -1.30. The summed E-state index contributed by atoms with van der Waals surface area (Å²) in [4.78, 5) is 0.181. The average Bonchev–Trinajstić information content (AvgIpc) is 2.55. The fourth-order valence-corrected chi connectivity index (χ4v) is 4.43. The van der Waals surface area contributed by atoms with Crippen LogP contribution in [0.25, 0.3) is 0 Å². The first-order valence-electron chi connectivity index (χ1n) is 6.23. The van der Waals surface area contributed by atoms with Crippen molar-refractivity contribution < 1.29 is 13.0 Å². The molecule has 5 heteroatoms. The molecule has 2 nitrogen and oxygen atoms in total. The van der Waals surface area contributed by atoms with Crippen LogP contribution in [0.2, 0.25) is 0 Å². The van der Waals surface area contributed by atoms with Crippen LogP contribution in [0.1, 0.15) is 38.3 Å². The van der Waals surface area contributed by atoms with E-state index >= 15 is 0 Å². The quantitative estimate of drug-likeness (QED) is 0.914. The maximum Gasteiger partial charge on any atom is 0.142 e. The van der Waals surface area contributed by atoms with E-state index in [1.165, 1.54) is 6.07 Å². The molecular weight excluding hydrogens is 256 g/mol. The number of nitrogens with one attached hydrogen (secondary N) is 1. The number of hydrogen-bond acceptors (Lipinski definition) is 2. The molecule has 0 aliphatic carbocycles. The zero-order valence-corrected chi connectivity index (χ0v) is 11.3. The fraction of sp³-hybridized carbons (Fsp3) is 0.538. The van der Waals surface area contributed by atoms with Crippen molar-refractivity contribution in [2.45, 2.75) is 42.9 Å². The van der Waals surface area contributed by atoms with Gasteiger partial charge in [0.2, 0.25) is 0 Å². The van der Waals surface area contributed by atoms with E-state index in [2.05, 4.69) is 5.32 Å². The second kappa shape index (κ2) is 5.45. The average molecular weight is 273 g/mol. The first kappa shape index (κ1) is 13.6. The minimum atomic E-state index is -1.39. The van der Waals surface area contributed by atoms with Crippen molar-refractivity contribution >= 4 is 10.8 Å². The Kier molecular flexibility index (Phi) is 4.12. The molecule has 0 spiro atoms. The molecule has 2 rings (SSSR count). The Morgan fingerprint density at radius 2 is 2.06 bits per heavy atom. The summed E-state index contributed by atoms with van der Waals surface area (Å²) < 4.78 is 39.4. The fourth-order valence-electron chi connectivity index (χ4n) is 2.52. The third kappa shape index (κ3) is 2.21. The molecule has 1 aromatic carbocycles. The Morgan fingerprint density at radius 3 is 2.67 bits per heavy atom. The Morgan fingerprint density at radius 1 is 1.33 bits per heavy atom. The molecule has 0 bridgehead atoms. The summed E-state index contributed by atoms with van der Waals surface area (Å²) >= 11 is 0. The molecule has 0 saturated heterocycles. The predicted molar refractivity (Wildman–Crippen MR) is 67.9 cm³/mol. The highest BCUT2D eigenvalue weighted by molar-refractivity contribution is 7.86. The maximum absolute atomic E-state index is 13.8. The van der Waals surface area contributed by atoms with Gasteiger partial charge in [-0.3, -0.25) is 4.21 Å². The number of rotatable bonds is 4. The summed E-state index contributed by atoms with van der Waals surface area (Å²) in [6.07, 6.45) is 1.61. The summed E-state index contributed by atoms with van der Waals surface area (Å²) in [6.45, 7) is 4.61. The zero-order chi connectivity index (χ0) is 13.3. The molecule has 1 aromatic rings. The molecule has 100 valence electrons. The molecule has 18 heavy (non-hydrogen) atoms. The Bertz CT molecular complexity index is 478. The van der Waals surface area contributed by atoms with E-state index in [0.717, 1.165) is 18.9 Å². The first-order chi connectivity index (χ1) is 8.60. The minimum Gasteiger partial charge on any atom is -0.309 e. The van der Waals surface area contributed by atoms with Crippen molar-refractivity contribution in [3.8, 4) is 0 Å². The monoisotopic (exact) mass is 273 g/mol. The molecule has 3 atom stereocenters. The zero-order valence-electron chi connectivity index (χ0n) is 10.5. The molecule has 0 saturated carbocycles. The van der Waals surface area contributed by atoms with Crippen LogP contribution in [0.15, 0.2) is 17.0 Å². The van der Waals surface area contributed by atoms with Crippen LogP contribution in [0.4, 0.5) is 8.78 Å². The van der Waals surface area contributed by atoms with Gasteiger partial charge in [0.05, 0.1) is 20.9 Å². The Balaban J connectivity index is 2.49.